The molecular weight excluding hydrogens is 668 g/mol. The van der Waals surface area contributed by atoms with Gasteiger partial charge in [0.05, 0.1) is 10.9 Å². The van der Waals surface area contributed by atoms with E-state index >= 15 is 0 Å². The van der Waals surface area contributed by atoms with E-state index in [1.807, 2.05) is 36.4 Å². The van der Waals surface area contributed by atoms with Crippen LogP contribution in [0.25, 0.3) is 22.1 Å². The fourth-order valence-electron chi connectivity index (χ4n) is 6.77. The summed E-state index contributed by atoms with van der Waals surface area (Å²) >= 11 is 3.49. The molecule has 0 saturated carbocycles. The molecule has 2 aliphatic rings. The van der Waals surface area contributed by atoms with Crippen LogP contribution in [0.4, 0.5) is 0 Å². The van der Waals surface area contributed by atoms with Crippen LogP contribution in [0, 0.1) is 0 Å². The Morgan fingerprint density at radius 1 is 0.809 bits per heavy atom. The molecule has 0 amide bonds. The van der Waals surface area contributed by atoms with Gasteiger partial charge in [-0.2, -0.15) is 0 Å². The normalized spacial score (nSPS) is 25.7. The average molecular weight is 700 g/mol. The molecule has 47 heavy (non-hydrogen) atoms. The SMILES string of the molecule is O=C(O)[C@H]1OC(Oc2c(C3CC(c4ccc(-c5ccc(Br)cc5)cc4)Cc4ccccc43)c(=O)oc3ccccc23)[C@H](O)[C@@H](O)[C@@H]1O. The van der Waals surface area contributed by atoms with E-state index in [0.717, 1.165) is 38.7 Å². The number of carbonyl (C=O) groups is 1. The Balaban J connectivity index is 1.31. The lowest BCUT2D eigenvalue weighted by molar-refractivity contribution is -0.271. The number of hydrogen-bond donors (Lipinski definition) is 4. The van der Waals surface area contributed by atoms with Crippen molar-refractivity contribution in [1.29, 1.82) is 0 Å². The first kappa shape index (κ1) is 31.3. The molecule has 7 atom stereocenters. The summed E-state index contributed by atoms with van der Waals surface area (Å²) in [5.74, 6) is -1.96. The Labute approximate surface area is 277 Å². The van der Waals surface area contributed by atoms with Gasteiger partial charge in [-0.25, -0.2) is 9.59 Å². The van der Waals surface area contributed by atoms with Crippen molar-refractivity contribution in [3.8, 4) is 16.9 Å². The molecular formula is C37H31BrO9. The Morgan fingerprint density at radius 3 is 2.19 bits per heavy atom. The predicted molar refractivity (Wildman–Crippen MR) is 176 cm³/mol. The van der Waals surface area contributed by atoms with Crippen molar-refractivity contribution in [2.24, 2.45) is 0 Å². The first-order chi connectivity index (χ1) is 22.7. The zero-order valence-electron chi connectivity index (χ0n) is 24.9. The largest absolute Gasteiger partial charge is 0.479 e. The lowest BCUT2D eigenvalue weighted by atomic mass is 9.71. The molecule has 4 aromatic carbocycles. The Hall–Kier alpha value is -4.32. The molecule has 0 radical (unpaired) electrons. The molecule has 1 saturated heterocycles. The fraction of sp³-hybridized carbons (Fsp3) is 0.243. The molecule has 0 spiro atoms. The van der Waals surface area contributed by atoms with E-state index in [9.17, 15) is 30.0 Å². The summed E-state index contributed by atoms with van der Waals surface area (Å²) in [4.78, 5) is 25.7. The molecule has 1 aromatic heterocycles. The van der Waals surface area contributed by atoms with Crippen molar-refractivity contribution in [2.75, 3.05) is 0 Å². The van der Waals surface area contributed by atoms with Crippen molar-refractivity contribution >= 4 is 32.9 Å². The number of aliphatic hydroxyl groups is 3. The molecule has 9 nitrogen and oxygen atoms in total. The van der Waals surface area contributed by atoms with Crippen molar-refractivity contribution in [2.45, 2.75) is 55.4 Å². The number of carboxylic acids is 1. The Bertz CT molecular complexity index is 1990. The minimum absolute atomic E-state index is 0.0254. The maximum absolute atomic E-state index is 13.9. The maximum atomic E-state index is 13.9. The third-order valence-electron chi connectivity index (χ3n) is 9.17. The second-order valence-electron chi connectivity index (χ2n) is 12.0. The van der Waals surface area contributed by atoms with Crippen LogP contribution in [0.15, 0.2) is 111 Å². The van der Waals surface area contributed by atoms with Crippen molar-refractivity contribution in [1.82, 2.24) is 0 Å². The first-order valence-electron chi connectivity index (χ1n) is 15.3. The van der Waals surface area contributed by atoms with Crippen molar-refractivity contribution < 1.29 is 39.1 Å². The molecule has 4 N–H and O–H groups in total. The quantitative estimate of drug-likeness (QED) is 0.172. The summed E-state index contributed by atoms with van der Waals surface area (Å²) < 4.78 is 18.5. The van der Waals surface area contributed by atoms with Crippen LogP contribution in [-0.4, -0.2) is 57.1 Å². The number of hydrogen-bond acceptors (Lipinski definition) is 8. The van der Waals surface area contributed by atoms with E-state index in [0.29, 0.717) is 11.8 Å². The van der Waals surface area contributed by atoms with Crippen molar-refractivity contribution in [3.05, 3.63) is 134 Å². The number of rotatable bonds is 6. The third-order valence-corrected chi connectivity index (χ3v) is 9.70. The van der Waals surface area contributed by atoms with Crippen LogP contribution in [-0.2, 0) is 16.0 Å². The van der Waals surface area contributed by atoms with Gasteiger partial charge < -0.3 is 34.3 Å². The lowest BCUT2D eigenvalue weighted by Crippen LogP contribution is -2.61. The van der Waals surface area contributed by atoms with Gasteiger partial charge in [-0.15, -0.1) is 0 Å². The molecule has 1 aliphatic carbocycles. The third kappa shape index (κ3) is 5.88. The Morgan fingerprint density at radius 2 is 1.47 bits per heavy atom. The molecule has 10 heteroatoms. The summed E-state index contributed by atoms with van der Waals surface area (Å²) in [7, 11) is 0. The first-order valence-corrected chi connectivity index (χ1v) is 16.1. The van der Waals surface area contributed by atoms with E-state index in [1.54, 1.807) is 24.3 Å². The number of ether oxygens (including phenoxy) is 2. The van der Waals surface area contributed by atoms with Gasteiger partial charge in [0.1, 0.15) is 29.6 Å². The predicted octanol–water partition coefficient (Wildman–Crippen LogP) is 5.36. The molecule has 1 fully saturated rings. The van der Waals surface area contributed by atoms with E-state index in [-0.39, 0.29) is 22.8 Å². The monoisotopic (exact) mass is 698 g/mol. The highest BCUT2D eigenvalue weighted by atomic mass is 79.9. The topological polar surface area (TPSA) is 147 Å². The minimum atomic E-state index is -1.89. The second kappa shape index (κ2) is 12.7. The molecule has 3 unspecified atom stereocenters. The van der Waals surface area contributed by atoms with Gasteiger partial charge in [-0.05, 0) is 70.8 Å². The van der Waals surface area contributed by atoms with Gasteiger partial charge in [0.2, 0.25) is 6.29 Å². The molecule has 1 aliphatic heterocycles. The van der Waals surface area contributed by atoms with Crippen LogP contribution in [0.5, 0.6) is 5.75 Å². The highest BCUT2D eigenvalue weighted by molar-refractivity contribution is 9.10. The summed E-state index contributed by atoms with van der Waals surface area (Å²) in [6.07, 6.45) is -7.87. The summed E-state index contributed by atoms with van der Waals surface area (Å²) in [5, 5.41) is 41.6. The number of carboxylic acid groups (broad SMARTS) is 1. The lowest BCUT2D eigenvalue weighted by Gasteiger charge is -2.39. The van der Waals surface area contributed by atoms with Crippen LogP contribution < -0.4 is 10.4 Å². The number of para-hydroxylation sites is 1. The van der Waals surface area contributed by atoms with Crippen LogP contribution in [0.3, 0.4) is 0 Å². The number of halogens is 1. The average Bonchev–Trinajstić information content (AvgIpc) is 3.08. The smallest absolute Gasteiger partial charge is 0.343 e. The molecule has 5 aromatic rings. The van der Waals surface area contributed by atoms with Crippen molar-refractivity contribution in [3.63, 3.8) is 0 Å². The van der Waals surface area contributed by atoms with Gasteiger partial charge in [0.15, 0.2) is 6.10 Å². The highest BCUT2D eigenvalue weighted by Gasteiger charge is 2.48. The van der Waals surface area contributed by atoms with Gasteiger partial charge >= 0.3 is 11.6 Å². The minimum Gasteiger partial charge on any atom is -0.479 e. The van der Waals surface area contributed by atoms with Gasteiger partial charge in [-0.3, -0.25) is 0 Å². The molecule has 240 valence electrons. The molecule has 7 rings (SSSR count). The van der Waals surface area contributed by atoms with Gasteiger partial charge in [-0.1, -0.05) is 88.7 Å². The number of aliphatic hydroxyl groups excluding tert-OH is 3. The van der Waals surface area contributed by atoms with Crippen LogP contribution >= 0.6 is 15.9 Å². The molecule has 0 bridgehead atoms. The van der Waals surface area contributed by atoms with E-state index in [2.05, 4.69) is 52.3 Å². The van der Waals surface area contributed by atoms with Crippen LogP contribution in [0.1, 0.15) is 40.5 Å². The van der Waals surface area contributed by atoms with E-state index < -0.39 is 48.2 Å². The maximum Gasteiger partial charge on any atom is 0.343 e. The highest BCUT2D eigenvalue weighted by Crippen LogP contribution is 2.47. The molecule has 2 heterocycles. The number of fused-ring (bicyclic) bond motifs is 2. The fourth-order valence-corrected chi connectivity index (χ4v) is 7.03. The number of benzene rings is 4. The summed E-state index contributed by atoms with van der Waals surface area (Å²) in [6, 6.07) is 31.1. The zero-order chi connectivity index (χ0) is 32.8. The zero-order valence-corrected chi connectivity index (χ0v) is 26.5. The van der Waals surface area contributed by atoms with Gasteiger partial charge in [0.25, 0.3) is 0 Å². The number of aliphatic carboxylic acids is 1. The summed E-state index contributed by atoms with van der Waals surface area (Å²) in [6.45, 7) is 0. The van der Waals surface area contributed by atoms with Crippen LogP contribution in [0.2, 0.25) is 0 Å². The second-order valence-corrected chi connectivity index (χ2v) is 12.9. The standard InChI is InChI=1S/C37H31BrO9/c38-24-15-13-20(14-16-24)19-9-11-21(12-10-19)23-17-22-5-1-2-6-25(22)27(18-23)29-33(26-7-3-4-8-28(26)45-36(29)44)46-37-32(41)30(39)31(40)34(47-37)35(42)43/h1-16,23,27,30-32,34,37,39-41H,17-18H2,(H,42,43)/t23?,27?,30-,31-,32+,34-,37?/m0/s1. The summed E-state index contributed by atoms with van der Waals surface area (Å²) in [5.41, 5.74) is 5.02. The Kier molecular flexibility index (Phi) is 8.46. The van der Waals surface area contributed by atoms with E-state index in [1.165, 1.54) is 0 Å². The van der Waals surface area contributed by atoms with Gasteiger partial charge in [0, 0.05) is 10.4 Å². The van der Waals surface area contributed by atoms with E-state index in [4.69, 9.17) is 13.9 Å².